The molecule has 1 N–H and O–H groups in total. The van der Waals surface area contributed by atoms with E-state index < -0.39 is 0 Å². The molecule has 1 aliphatic carbocycles. The third-order valence-electron chi connectivity index (χ3n) is 2.35. The molecule has 0 unspecified atom stereocenters. The maximum absolute atomic E-state index is 5.37. The molecule has 15 heavy (non-hydrogen) atoms. The van der Waals surface area contributed by atoms with Crippen LogP contribution in [0, 0.1) is 0 Å². The first-order valence-electron chi connectivity index (χ1n) is 5.42. The van der Waals surface area contributed by atoms with Crippen LogP contribution in [0.1, 0.15) is 31.0 Å². The Kier molecular flexibility index (Phi) is 3.69. The van der Waals surface area contributed by atoms with Crippen molar-refractivity contribution in [2.45, 2.75) is 38.3 Å². The molecule has 1 heterocycles. The Hall–Kier alpha value is -0.940. The van der Waals surface area contributed by atoms with Gasteiger partial charge in [-0.2, -0.15) is 0 Å². The number of aromatic nitrogens is 2. The minimum absolute atomic E-state index is 0.396. The predicted molar refractivity (Wildman–Crippen MR) is 54.4 cm³/mol. The van der Waals surface area contributed by atoms with E-state index in [0.29, 0.717) is 18.4 Å². The van der Waals surface area contributed by atoms with Gasteiger partial charge in [-0.25, -0.2) is 0 Å². The second-order valence-electron chi connectivity index (χ2n) is 3.85. The van der Waals surface area contributed by atoms with E-state index in [4.69, 9.17) is 9.15 Å². The summed E-state index contributed by atoms with van der Waals surface area (Å²) in [4.78, 5) is 0. The fourth-order valence-corrected chi connectivity index (χ4v) is 1.40. The molecule has 5 nitrogen and oxygen atoms in total. The summed E-state index contributed by atoms with van der Waals surface area (Å²) in [5.41, 5.74) is 0. The molecular weight excluding hydrogens is 194 g/mol. The SMILES string of the molecule is COCc1nnc(CCCNC2CC2)o1. The maximum Gasteiger partial charge on any atom is 0.242 e. The van der Waals surface area contributed by atoms with Crippen LogP contribution < -0.4 is 5.32 Å². The van der Waals surface area contributed by atoms with Gasteiger partial charge < -0.3 is 14.5 Å². The third kappa shape index (κ3) is 3.60. The van der Waals surface area contributed by atoms with E-state index >= 15 is 0 Å². The van der Waals surface area contributed by atoms with Gasteiger partial charge in [0.1, 0.15) is 6.61 Å². The molecule has 1 aromatic rings. The smallest absolute Gasteiger partial charge is 0.242 e. The molecule has 5 heteroatoms. The maximum atomic E-state index is 5.37. The average Bonchev–Trinajstić information content (AvgIpc) is 2.95. The van der Waals surface area contributed by atoms with Gasteiger partial charge >= 0.3 is 0 Å². The molecule has 1 fully saturated rings. The molecule has 0 aromatic carbocycles. The molecule has 0 spiro atoms. The topological polar surface area (TPSA) is 60.2 Å². The van der Waals surface area contributed by atoms with Crippen molar-refractivity contribution in [3.05, 3.63) is 11.8 Å². The Bertz CT molecular complexity index is 297. The van der Waals surface area contributed by atoms with Crippen LogP contribution in [0.4, 0.5) is 0 Å². The minimum Gasteiger partial charge on any atom is -0.423 e. The Labute approximate surface area is 89.2 Å². The second-order valence-corrected chi connectivity index (χ2v) is 3.85. The number of hydrogen-bond acceptors (Lipinski definition) is 5. The van der Waals surface area contributed by atoms with Crippen molar-refractivity contribution >= 4 is 0 Å². The van der Waals surface area contributed by atoms with Crippen molar-refractivity contribution in [1.29, 1.82) is 0 Å². The zero-order valence-electron chi connectivity index (χ0n) is 9.03. The first-order valence-corrected chi connectivity index (χ1v) is 5.42. The summed E-state index contributed by atoms with van der Waals surface area (Å²) in [6.45, 7) is 1.43. The van der Waals surface area contributed by atoms with Crippen molar-refractivity contribution < 1.29 is 9.15 Å². The lowest BCUT2D eigenvalue weighted by Crippen LogP contribution is -2.17. The van der Waals surface area contributed by atoms with E-state index in [1.54, 1.807) is 7.11 Å². The van der Waals surface area contributed by atoms with Gasteiger partial charge in [0.15, 0.2) is 0 Å². The monoisotopic (exact) mass is 211 g/mol. The summed E-state index contributed by atoms with van der Waals surface area (Å²) in [6, 6.07) is 0.775. The van der Waals surface area contributed by atoms with E-state index in [1.807, 2.05) is 0 Å². The van der Waals surface area contributed by atoms with Crippen molar-refractivity contribution in [1.82, 2.24) is 15.5 Å². The van der Waals surface area contributed by atoms with Crippen molar-refractivity contribution in [2.24, 2.45) is 0 Å². The Morgan fingerprint density at radius 2 is 2.20 bits per heavy atom. The van der Waals surface area contributed by atoms with Crippen LogP contribution in [-0.2, 0) is 17.8 Å². The van der Waals surface area contributed by atoms with Gasteiger partial charge in [-0.3, -0.25) is 0 Å². The standard InChI is InChI=1S/C10H17N3O2/c1-14-7-10-13-12-9(15-10)3-2-6-11-8-4-5-8/h8,11H,2-7H2,1H3. The molecule has 0 aliphatic heterocycles. The molecule has 2 rings (SSSR count). The van der Waals surface area contributed by atoms with E-state index in [0.717, 1.165) is 25.4 Å². The number of nitrogens with one attached hydrogen (secondary N) is 1. The summed E-state index contributed by atoms with van der Waals surface area (Å²) < 4.78 is 10.3. The number of rotatable bonds is 7. The Morgan fingerprint density at radius 1 is 1.40 bits per heavy atom. The zero-order chi connectivity index (χ0) is 10.5. The number of aryl methyl sites for hydroxylation is 1. The Balaban J connectivity index is 1.63. The van der Waals surface area contributed by atoms with Gasteiger partial charge in [-0.1, -0.05) is 0 Å². The van der Waals surface area contributed by atoms with Gasteiger partial charge in [0, 0.05) is 19.6 Å². The molecule has 0 bridgehead atoms. The van der Waals surface area contributed by atoms with Crippen LogP contribution in [-0.4, -0.2) is 29.9 Å². The highest BCUT2D eigenvalue weighted by Crippen LogP contribution is 2.18. The lowest BCUT2D eigenvalue weighted by Gasteiger charge is -1.99. The van der Waals surface area contributed by atoms with E-state index in [-0.39, 0.29) is 0 Å². The van der Waals surface area contributed by atoms with Crippen LogP contribution in [0.25, 0.3) is 0 Å². The Morgan fingerprint density at radius 3 is 2.93 bits per heavy atom. The molecular formula is C10H17N3O2. The number of hydrogen-bond donors (Lipinski definition) is 1. The minimum atomic E-state index is 0.396. The largest absolute Gasteiger partial charge is 0.423 e. The highest BCUT2D eigenvalue weighted by atomic mass is 16.5. The van der Waals surface area contributed by atoms with E-state index in [9.17, 15) is 0 Å². The molecule has 0 saturated heterocycles. The van der Waals surface area contributed by atoms with Crippen molar-refractivity contribution in [3.63, 3.8) is 0 Å². The molecule has 0 atom stereocenters. The molecule has 84 valence electrons. The number of methoxy groups -OCH3 is 1. The lowest BCUT2D eigenvalue weighted by molar-refractivity contribution is 0.158. The molecule has 1 aliphatic rings. The quantitative estimate of drug-likeness (QED) is 0.679. The molecule has 1 aromatic heterocycles. The first-order chi connectivity index (χ1) is 7.38. The van der Waals surface area contributed by atoms with Crippen LogP contribution >= 0.6 is 0 Å². The second kappa shape index (κ2) is 5.23. The van der Waals surface area contributed by atoms with Gasteiger partial charge in [0.25, 0.3) is 0 Å². The van der Waals surface area contributed by atoms with Gasteiger partial charge in [-0.05, 0) is 25.8 Å². The predicted octanol–water partition coefficient (Wildman–Crippen LogP) is 0.901. The van der Waals surface area contributed by atoms with Crippen molar-refractivity contribution in [2.75, 3.05) is 13.7 Å². The van der Waals surface area contributed by atoms with Crippen LogP contribution in [0.5, 0.6) is 0 Å². The van der Waals surface area contributed by atoms with Gasteiger partial charge in [0.05, 0.1) is 0 Å². The summed E-state index contributed by atoms with van der Waals surface area (Å²) in [6.07, 6.45) is 4.55. The lowest BCUT2D eigenvalue weighted by atomic mass is 10.3. The number of nitrogens with zero attached hydrogens (tertiary/aromatic N) is 2. The van der Waals surface area contributed by atoms with Gasteiger partial charge in [-0.15, -0.1) is 10.2 Å². The highest BCUT2D eigenvalue weighted by Gasteiger charge is 2.19. The first kappa shape index (κ1) is 10.6. The summed E-state index contributed by atoms with van der Waals surface area (Å²) in [5.74, 6) is 1.27. The van der Waals surface area contributed by atoms with Crippen molar-refractivity contribution in [3.8, 4) is 0 Å². The third-order valence-corrected chi connectivity index (χ3v) is 2.35. The van der Waals surface area contributed by atoms with Crippen LogP contribution in [0.3, 0.4) is 0 Å². The van der Waals surface area contributed by atoms with Crippen LogP contribution in [0.2, 0.25) is 0 Å². The normalized spacial score (nSPS) is 15.8. The molecule has 1 saturated carbocycles. The van der Waals surface area contributed by atoms with Crippen LogP contribution in [0.15, 0.2) is 4.42 Å². The highest BCUT2D eigenvalue weighted by molar-refractivity contribution is 4.83. The molecule has 0 amide bonds. The molecule has 0 radical (unpaired) electrons. The summed E-state index contributed by atoms with van der Waals surface area (Å²) in [5, 5.41) is 11.3. The van der Waals surface area contributed by atoms with E-state index in [1.165, 1.54) is 12.8 Å². The average molecular weight is 211 g/mol. The van der Waals surface area contributed by atoms with E-state index in [2.05, 4.69) is 15.5 Å². The zero-order valence-corrected chi connectivity index (χ0v) is 9.03. The fraction of sp³-hybridized carbons (Fsp3) is 0.800. The fourth-order valence-electron chi connectivity index (χ4n) is 1.40. The number of ether oxygens (including phenoxy) is 1. The summed E-state index contributed by atoms with van der Waals surface area (Å²) >= 11 is 0. The summed E-state index contributed by atoms with van der Waals surface area (Å²) in [7, 11) is 1.61. The van der Waals surface area contributed by atoms with Gasteiger partial charge in [0.2, 0.25) is 11.8 Å².